The first-order chi connectivity index (χ1) is 14.0. The van der Waals surface area contributed by atoms with E-state index in [9.17, 15) is 9.18 Å². The number of carbonyl (C=O) groups is 1. The molecule has 1 saturated carbocycles. The van der Waals surface area contributed by atoms with Crippen LogP contribution < -0.4 is 10.1 Å². The van der Waals surface area contributed by atoms with Crippen molar-refractivity contribution in [2.75, 3.05) is 6.61 Å². The van der Waals surface area contributed by atoms with E-state index in [2.05, 4.69) is 29.1 Å². The third-order valence-corrected chi connectivity index (χ3v) is 6.77. The molecule has 1 aromatic carbocycles. The van der Waals surface area contributed by atoms with Crippen molar-refractivity contribution in [1.82, 2.24) is 15.3 Å². The highest BCUT2D eigenvalue weighted by atomic mass is 32.1. The van der Waals surface area contributed by atoms with E-state index in [0.29, 0.717) is 17.7 Å². The quantitative estimate of drug-likeness (QED) is 0.652. The second-order valence-corrected chi connectivity index (χ2v) is 8.60. The van der Waals surface area contributed by atoms with Gasteiger partial charge in [-0.05, 0) is 36.0 Å². The molecule has 3 atom stereocenters. The molecule has 2 heterocycles. The van der Waals surface area contributed by atoms with Gasteiger partial charge < -0.3 is 10.1 Å². The Bertz CT molecular complexity index is 1000. The number of halogens is 1. The van der Waals surface area contributed by atoms with Gasteiger partial charge in [0.25, 0.3) is 5.91 Å². The number of nitrogens with one attached hydrogen (secondary N) is 1. The van der Waals surface area contributed by atoms with Crippen LogP contribution in [-0.2, 0) is 4.79 Å². The molecule has 0 bridgehead atoms. The van der Waals surface area contributed by atoms with Gasteiger partial charge in [-0.3, -0.25) is 4.79 Å². The van der Waals surface area contributed by atoms with Crippen molar-refractivity contribution >= 4 is 27.5 Å². The van der Waals surface area contributed by atoms with E-state index in [-0.39, 0.29) is 24.4 Å². The van der Waals surface area contributed by atoms with Crippen molar-refractivity contribution in [3.8, 4) is 17.0 Å². The van der Waals surface area contributed by atoms with Crippen LogP contribution in [0.1, 0.15) is 33.1 Å². The summed E-state index contributed by atoms with van der Waals surface area (Å²) in [5.74, 6) is 1.02. The predicted octanol–water partition coefficient (Wildman–Crippen LogP) is 4.82. The van der Waals surface area contributed by atoms with Crippen LogP contribution in [0.3, 0.4) is 0 Å². The summed E-state index contributed by atoms with van der Waals surface area (Å²) in [6.07, 6.45) is 4.80. The highest BCUT2D eigenvalue weighted by Crippen LogP contribution is 2.37. The molecule has 29 heavy (non-hydrogen) atoms. The van der Waals surface area contributed by atoms with Gasteiger partial charge in [-0.15, -0.1) is 11.3 Å². The van der Waals surface area contributed by atoms with Crippen LogP contribution in [0, 0.1) is 17.7 Å². The Kier molecular flexibility index (Phi) is 5.76. The van der Waals surface area contributed by atoms with Gasteiger partial charge in [-0.1, -0.05) is 38.8 Å². The Morgan fingerprint density at radius 1 is 1.24 bits per heavy atom. The maximum atomic E-state index is 13.3. The summed E-state index contributed by atoms with van der Waals surface area (Å²) in [6.45, 7) is 4.34. The Balaban J connectivity index is 1.50. The standard InChI is InChI=1S/C22H24FN3O2S/c1-13-4-3-5-18(14(13)2)26-19(27)10-28-21-20-17(11-29-22(20)25-12-24-21)15-6-8-16(23)9-7-15/h6-9,11-14,18H,3-5,10H2,1-2H3,(H,26,27)/t13-,14-,18-/m0/s1. The number of benzene rings is 1. The van der Waals surface area contributed by atoms with Crippen LogP contribution in [0.5, 0.6) is 5.88 Å². The highest BCUT2D eigenvalue weighted by molar-refractivity contribution is 7.17. The minimum atomic E-state index is -0.288. The molecule has 0 radical (unpaired) electrons. The van der Waals surface area contributed by atoms with Crippen molar-refractivity contribution in [3.05, 3.63) is 41.8 Å². The number of nitrogens with zero attached hydrogens (tertiary/aromatic N) is 2. The fraction of sp³-hybridized carbons (Fsp3) is 0.409. The van der Waals surface area contributed by atoms with E-state index in [4.69, 9.17) is 4.74 Å². The number of hydrogen-bond donors (Lipinski definition) is 1. The number of ether oxygens (including phenoxy) is 1. The molecule has 0 spiro atoms. The van der Waals surface area contributed by atoms with Crippen LogP contribution in [0.15, 0.2) is 36.0 Å². The second kappa shape index (κ2) is 8.45. The highest BCUT2D eigenvalue weighted by Gasteiger charge is 2.28. The number of rotatable bonds is 5. The maximum Gasteiger partial charge on any atom is 0.258 e. The maximum absolute atomic E-state index is 13.3. The van der Waals surface area contributed by atoms with Gasteiger partial charge in [0.1, 0.15) is 17.0 Å². The topological polar surface area (TPSA) is 64.1 Å². The molecule has 2 aromatic heterocycles. The van der Waals surface area contributed by atoms with Crippen LogP contribution in [0.2, 0.25) is 0 Å². The SMILES string of the molecule is C[C@@H]1[C@@H](NC(=O)COc2ncnc3scc(-c4ccc(F)cc4)c23)CCC[C@@H]1C. The lowest BCUT2D eigenvalue weighted by Crippen LogP contribution is -2.45. The van der Waals surface area contributed by atoms with Crippen LogP contribution in [0.25, 0.3) is 21.3 Å². The van der Waals surface area contributed by atoms with Gasteiger partial charge in [0.2, 0.25) is 5.88 Å². The van der Waals surface area contributed by atoms with Crippen LogP contribution in [-0.4, -0.2) is 28.5 Å². The second-order valence-electron chi connectivity index (χ2n) is 7.75. The molecule has 0 unspecified atom stereocenters. The zero-order valence-corrected chi connectivity index (χ0v) is 17.3. The normalized spacial score (nSPS) is 21.8. The largest absolute Gasteiger partial charge is 0.467 e. The molecule has 7 heteroatoms. The van der Waals surface area contributed by atoms with E-state index in [1.165, 1.54) is 36.2 Å². The molecular formula is C22H24FN3O2S. The number of aromatic nitrogens is 2. The summed E-state index contributed by atoms with van der Waals surface area (Å²) >= 11 is 1.46. The Morgan fingerprint density at radius 2 is 2.03 bits per heavy atom. The average molecular weight is 414 g/mol. The van der Waals surface area contributed by atoms with Crippen LogP contribution >= 0.6 is 11.3 Å². The summed E-state index contributed by atoms with van der Waals surface area (Å²) in [5.41, 5.74) is 1.72. The first-order valence-corrected chi connectivity index (χ1v) is 10.8. The summed E-state index contributed by atoms with van der Waals surface area (Å²) < 4.78 is 19.1. The lowest BCUT2D eigenvalue weighted by atomic mass is 9.78. The first kappa shape index (κ1) is 19.8. The number of hydrogen-bond acceptors (Lipinski definition) is 5. The molecular weight excluding hydrogens is 389 g/mol. The molecule has 1 aliphatic carbocycles. The van der Waals surface area contributed by atoms with Gasteiger partial charge in [0, 0.05) is 17.0 Å². The summed E-state index contributed by atoms with van der Waals surface area (Å²) in [7, 11) is 0. The summed E-state index contributed by atoms with van der Waals surface area (Å²) in [4.78, 5) is 21.8. The van der Waals surface area contributed by atoms with Gasteiger partial charge in [-0.2, -0.15) is 0 Å². The molecule has 4 rings (SSSR count). The molecule has 0 aliphatic heterocycles. The fourth-order valence-corrected chi connectivity index (χ4v) is 4.87. The van der Waals surface area contributed by atoms with E-state index < -0.39 is 0 Å². The van der Waals surface area contributed by atoms with E-state index in [1.54, 1.807) is 12.1 Å². The van der Waals surface area contributed by atoms with E-state index >= 15 is 0 Å². The van der Waals surface area contributed by atoms with Crippen molar-refractivity contribution in [3.63, 3.8) is 0 Å². The molecule has 1 fully saturated rings. The summed E-state index contributed by atoms with van der Waals surface area (Å²) in [5, 5.41) is 5.81. The first-order valence-electron chi connectivity index (χ1n) is 9.93. The van der Waals surface area contributed by atoms with Gasteiger partial charge in [0.15, 0.2) is 6.61 Å². The van der Waals surface area contributed by atoms with Gasteiger partial charge in [-0.25, -0.2) is 14.4 Å². The van der Waals surface area contributed by atoms with Crippen LogP contribution in [0.4, 0.5) is 4.39 Å². The number of thiophene rings is 1. The Morgan fingerprint density at radius 3 is 2.83 bits per heavy atom. The third kappa shape index (κ3) is 4.24. The predicted molar refractivity (Wildman–Crippen MR) is 112 cm³/mol. The molecule has 152 valence electrons. The van der Waals surface area contributed by atoms with Crippen molar-refractivity contribution < 1.29 is 13.9 Å². The van der Waals surface area contributed by atoms with Gasteiger partial charge >= 0.3 is 0 Å². The fourth-order valence-electron chi connectivity index (χ4n) is 3.97. The van der Waals surface area contributed by atoms with Gasteiger partial charge in [0.05, 0.1) is 5.39 Å². The monoisotopic (exact) mass is 413 g/mol. The third-order valence-electron chi connectivity index (χ3n) is 5.88. The zero-order chi connectivity index (χ0) is 20.4. The molecule has 3 aromatic rings. The molecule has 5 nitrogen and oxygen atoms in total. The molecule has 0 saturated heterocycles. The minimum Gasteiger partial charge on any atom is -0.467 e. The Hall–Kier alpha value is -2.54. The van der Waals surface area contributed by atoms with E-state index in [0.717, 1.165) is 34.2 Å². The van der Waals surface area contributed by atoms with Crippen molar-refractivity contribution in [2.45, 2.75) is 39.2 Å². The average Bonchev–Trinajstić information content (AvgIpc) is 3.15. The lowest BCUT2D eigenvalue weighted by molar-refractivity contribution is -0.124. The molecule has 1 N–H and O–H groups in total. The number of amides is 1. The summed E-state index contributed by atoms with van der Waals surface area (Å²) in [6, 6.07) is 6.46. The lowest BCUT2D eigenvalue weighted by Gasteiger charge is -2.34. The smallest absolute Gasteiger partial charge is 0.258 e. The van der Waals surface area contributed by atoms with Crippen molar-refractivity contribution in [1.29, 1.82) is 0 Å². The zero-order valence-electron chi connectivity index (χ0n) is 16.5. The number of fused-ring (bicyclic) bond motifs is 1. The number of carbonyl (C=O) groups excluding carboxylic acids is 1. The molecule has 1 amide bonds. The van der Waals surface area contributed by atoms with Crippen molar-refractivity contribution in [2.24, 2.45) is 11.8 Å². The Labute approximate surface area is 173 Å². The molecule has 1 aliphatic rings. The van der Waals surface area contributed by atoms with E-state index in [1.807, 2.05) is 5.38 Å². The minimum absolute atomic E-state index is 0.0948.